The van der Waals surface area contributed by atoms with Crippen LogP contribution >= 0.6 is 11.3 Å². The van der Waals surface area contributed by atoms with Gasteiger partial charge in [0.1, 0.15) is 5.82 Å². The number of amides is 1. The smallest absolute Gasteiger partial charge is 0.223 e. The van der Waals surface area contributed by atoms with Crippen LogP contribution in [0.15, 0.2) is 36.0 Å². The molecule has 2 heterocycles. The number of hydrogen-bond acceptors (Lipinski definition) is 7. The van der Waals surface area contributed by atoms with E-state index in [1.807, 2.05) is 44.5 Å². The van der Waals surface area contributed by atoms with Crippen molar-refractivity contribution in [2.45, 2.75) is 72.8 Å². The Kier molecular flexibility index (Phi) is 10.2. The van der Waals surface area contributed by atoms with Gasteiger partial charge in [0.05, 0.1) is 27.0 Å². The Hall–Kier alpha value is -3.00. The van der Waals surface area contributed by atoms with E-state index in [9.17, 15) is 9.59 Å². The second kappa shape index (κ2) is 13.3. The first kappa shape index (κ1) is 27.6. The highest BCUT2D eigenvalue weighted by atomic mass is 32.1. The van der Waals surface area contributed by atoms with E-state index in [4.69, 9.17) is 0 Å². The summed E-state index contributed by atoms with van der Waals surface area (Å²) in [6.07, 6.45) is 5.70. The summed E-state index contributed by atoms with van der Waals surface area (Å²) < 4.78 is 1.11. The monoisotopic (exact) mass is 509 g/mol. The topological polar surface area (TPSA) is 96.0 Å². The van der Waals surface area contributed by atoms with E-state index in [1.54, 1.807) is 17.5 Å². The first-order valence-corrected chi connectivity index (χ1v) is 14.0. The third-order valence-corrected chi connectivity index (χ3v) is 7.09. The summed E-state index contributed by atoms with van der Waals surface area (Å²) in [5.41, 5.74) is 5.18. The fourth-order valence-corrected chi connectivity index (χ4v) is 5.29. The van der Waals surface area contributed by atoms with Crippen molar-refractivity contribution in [2.24, 2.45) is 11.8 Å². The van der Waals surface area contributed by atoms with Crippen molar-refractivity contribution in [1.82, 2.24) is 15.3 Å². The number of carbonyl (C=O) groups excluding carboxylic acids is 2. The van der Waals surface area contributed by atoms with Gasteiger partial charge in [0.15, 0.2) is 5.78 Å². The molecule has 0 aliphatic heterocycles. The van der Waals surface area contributed by atoms with Gasteiger partial charge in [-0.2, -0.15) is 0 Å². The number of pyridine rings is 1. The number of ketones is 1. The number of nitrogens with one attached hydrogen (secondary N) is 3. The van der Waals surface area contributed by atoms with Crippen LogP contribution in [0.1, 0.15) is 77.1 Å². The maximum Gasteiger partial charge on any atom is 0.223 e. The Balaban J connectivity index is 0.00000176. The Labute approximate surface area is 218 Å². The highest BCUT2D eigenvalue weighted by molar-refractivity contribution is 7.16. The van der Waals surface area contributed by atoms with Crippen LogP contribution in [0.2, 0.25) is 0 Å². The first-order chi connectivity index (χ1) is 17.4. The van der Waals surface area contributed by atoms with Crippen LogP contribution in [0.4, 0.5) is 17.2 Å². The number of nitrogens with zero attached hydrogens (tertiary/aromatic N) is 2. The van der Waals surface area contributed by atoms with Gasteiger partial charge < -0.3 is 16.0 Å². The van der Waals surface area contributed by atoms with Gasteiger partial charge in [0, 0.05) is 42.9 Å². The molecule has 1 aliphatic carbocycles. The number of fused-ring (bicyclic) bond motifs is 1. The molecule has 4 rings (SSSR count). The molecule has 2 aromatic heterocycles. The highest BCUT2D eigenvalue weighted by Gasteiger charge is 2.28. The molecule has 0 unspecified atom stereocenters. The second-order valence-electron chi connectivity index (χ2n) is 9.31. The van der Waals surface area contributed by atoms with Crippen molar-refractivity contribution in [3.05, 3.63) is 41.5 Å². The third kappa shape index (κ3) is 7.26. The van der Waals surface area contributed by atoms with Gasteiger partial charge in [-0.25, -0.2) is 9.97 Å². The molecule has 1 amide bonds. The predicted octanol–water partition coefficient (Wildman–Crippen LogP) is 6.80. The molecule has 1 aliphatic rings. The van der Waals surface area contributed by atoms with Gasteiger partial charge in [-0.05, 0) is 70.6 Å². The molecule has 3 aromatic rings. The quantitative estimate of drug-likeness (QED) is 0.275. The molecule has 1 saturated carbocycles. The van der Waals surface area contributed by atoms with Crippen LogP contribution in [0.3, 0.4) is 0 Å². The lowest BCUT2D eigenvalue weighted by atomic mass is 9.79. The molecule has 3 N–H and O–H groups in total. The molecule has 1 fully saturated rings. The van der Waals surface area contributed by atoms with Gasteiger partial charge in [0.25, 0.3) is 0 Å². The predicted molar refractivity (Wildman–Crippen MR) is 150 cm³/mol. The lowest BCUT2D eigenvalue weighted by molar-refractivity contribution is -0.126. The minimum atomic E-state index is 0.0840. The van der Waals surface area contributed by atoms with Crippen LogP contribution in [0.5, 0.6) is 0 Å². The number of anilines is 3. The third-order valence-electron chi connectivity index (χ3n) is 6.29. The average molecular weight is 510 g/mol. The first-order valence-electron chi connectivity index (χ1n) is 13.1. The molecule has 1 aromatic carbocycles. The van der Waals surface area contributed by atoms with Gasteiger partial charge in [-0.1, -0.05) is 13.8 Å². The van der Waals surface area contributed by atoms with Crippen molar-refractivity contribution in [3.8, 4) is 0 Å². The van der Waals surface area contributed by atoms with Gasteiger partial charge in [-0.3, -0.25) is 9.59 Å². The normalized spacial score (nSPS) is 17.3. The lowest BCUT2D eigenvalue weighted by Gasteiger charge is -2.27. The van der Waals surface area contributed by atoms with Crippen LogP contribution in [-0.4, -0.2) is 34.2 Å². The summed E-state index contributed by atoms with van der Waals surface area (Å²) >= 11 is 1.60. The second-order valence-corrected chi connectivity index (χ2v) is 10.2. The Morgan fingerprint density at radius 1 is 1.08 bits per heavy atom. The summed E-state index contributed by atoms with van der Waals surface area (Å²) in [4.78, 5) is 34.2. The fraction of sp³-hybridized carbons (Fsp3) is 0.500. The van der Waals surface area contributed by atoms with Crippen molar-refractivity contribution in [2.75, 3.05) is 17.2 Å². The zero-order valence-corrected chi connectivity index (χ0v) is 22.9. The van der Waals surface area contributed by atoms with E-state index in [1.165, 1.54) is 0 Å². The van der Waals surface area contributed by atoms with Crippen LogP contribution in [-0.2, 0) is 4.79 Å². The summed E-state index contributed by atoms with van der Waals surface area (Å²) in [5.74, 6) is 1.34. The van der Waals surface area contributed by atoms with E-state index < -0.39 is 0 Å². The average Bonchev–Trinajstić information content (AvgIpc) is 3.33. The van der Waals surface area contributed by atoms with E-state index in [-0.39, 0.29) is 23.7 Å². The fourth-order valence-electron chi connectivity index (χ4n) is 4.58. The number of aromatic nitrogens is 2. The van der Waals surface area contributed by atoms with Crippen LogP contribution < -0.4 is 16.0 Å². The summed E-state index contributed by atoms with van der Waals surface area (Å²) in [6, 6.07) is 8.12. The van der Waals surface area contributed by atoms with Crippen LogP contribution in [0.25, 0.3) is 10.2 Å². The number of hydrogen-bond donors (Lipinski definition) is 3. The van der Waals surface area contributed by atoms with Crippen molar-refractivity contribution < 1.29 is 9.59 Å². The van der Waals surface area contributed by atoms with Crippen molar-refractivity contribution >= 4 is 50.4 Å². The number of rotatable bonds is 9. The standard InChI is InChI=1S/C26H33N5O2S.C2H6/c1-4-27-26(33)18-7-5-17(6-8-18)11-23(32)20-14-28-25(13-22(20)30-16(2)3)31-19-9-10-21-24(12-19)34-15-29-21;1-2/h9-10,12-18H,4-8,11H2,1-3H3,(H,27,33)(H2,28,30,31);1-2H3. The Morgan fingerprint density at radius 3 is 2.53 bits per heavy atom. The molecule has 0 spiro atoms. The largest absolute Gasteiger partial charge is 0.382 e. The molecule has 36 heavy (non-hydrogen) atoms. The molecular formula is C28H39N5O2S. The molecular weight excluding hydrogens is 470 g/mol. The lowest BCUT2D eigenvalue weighted by Crippen LogP contribution is -2.33. The minimum Gasteiger partial charge on any atom is -0.382 e. The molecule has 0 bridgehead atoms. The van der Waals surface area contributed by atoms with Crippen molar-refractivity contribution in [3.63, 3.8) is 0 Å². The van der Waals surface area contributed by atoms with Crippen LogP contribution in [0, 0.1) is 11.8 Å². The summed E-state index contributed by atoms with van der Waals surface area (Å²) in [7, 11) is 0. The number of carbonyl (C=O) groups is 2. The summed E-state index contributed by atoms with van der Waals surface area (Å²) in [5, 5.41) is 9.69. The van der Waals surface area contributed by atoms with Gasteiger partial charge >= 0.3 is 0 Å². The zero-order chi connectivity index (χ0) is 26.1. The van der Waals surface area contributed by atoms with E-state index in [2.05, 4.69) is 45.8 Å². The van der Waals surface area contributed by atoms with E-state index >= 15 is 0 Å². The molecule has 8 heteroatoms. The number of benzene rings is 1. The molecule has 0 saturated heterocycles. The van der Waals surface area contributed by atoms with E-state index in [0.717, 1.165) is 47.3 Å². The Bertz CT molecular complexity index is 1150. The Morgan fingerprint density at radius 2 is 1.83 bits per heavy atom. The minimum absolute atomic E-state index is 0.0840. The molecule has 7 nitrogen and oxygen atoms in total. The summed E-state index contributed by atoms with van der Waals surface area (Å²) in [6.45, 7) is 10.7. The molecule has 0 atom stereocenters. The maximum absolute atomic E-state index is 13.2. The molecule has 0 radical (unpaired) electrons. The highest BCUT2D eigenvalue weighted by Crippen LogP contribution is 2.33. The zero-order valence-electron chi connectivity index (χ0n) is 22.1. The van der Waals surface area contributed by atoms with Gasteiger partial charge in [-0.15, -0.1) is 11.3 Å². The maximum atomic E-state index is 13.2. The SMILES string of the molecule is CC.CCNC(=O)C1CCC(CC(=O)c2cnc(Nc3ccc4ncsc4c3)cc2NC(C)C)CC1. The van der Waals surface area contributed by atoms with Gasteiger partial charge in [0.2, 0.25) is 5.91 Å². The van der Waals surface area contributed by atoms with E-state index in [0.29, 0.717) is 30.3 Å². The number of thiazole rings is 1. The van der Waals surface area contributed by atoms with Crippen molar-refractivity contribution in [1.29, 1.82) is 0 Å². The molecule has 194 valence electrons. The number of Topliss-reactive ketones (excluding diaryl/α,β-unsaturated/α-hetero) is 1.